The summed E-state index contributed by atoms with van der Waals surface area (Å²) >= 11 is 0. The standard InChI is InChI=1S/C8H10O2/c1-5-4-8(9)6(2)7(3)10-5/h4H,1-3H3. The van der Waals surface area contributed by atoms with Crippen LogP contribution in [0.15, 0.2) is 15.3 Å². The van der Waals surface area contributed by atoms with Gasteiger partial charge in [0, 0.05) is 11.6 Å². The first-order valence-corrected chi connectivity index (χ1v) is 3.19. The molecule has 0 saturated heterocycles. The van der Waals surface area contributed by atoms with Crippen molar-refractivity contribution < 1.29 is 4.42 Å². The van der Waals surface area contributed by atoms with Crippen LogP contribution in [0.4, 0.5) is 0 Å². The van der Waals surface area contributed by atoms with Crippen molar-refractivity contribution >= 4 is 0 Å². The zero-order valence-electron chi connectivity index (χ0n) is 6.39. The Hall–Kier alpha value is -1.05. The molecule has 2 heteroatoms. The van der Waals surface area contributed by atoms with Crippen LogP contribution in [0, 0.1) is 20.8 Å². The summed E-state index contributed by atoms with van der Waals surface area (Å²) in [5.41, 5.74) is 0.756. The molecule has 1 rings (SSSR count). The Balaban J connectivity index is 3.46. The molecule has 1 aromatic heterocycles. The monoisotopic (exact) mass is 138 g/mol. The molecular weight excluding hydrogens is 128 g/mol. The molecule has 54 valence electrons. The molecule has 1 aromatic rings. The quantitative estimate of drug-likeness (QED) is 0.544. The lowest BCUT2D eigenvalue weighted by molar-refractivity contribution is 0.479. The number of hydrogen-bond donors (Lipinski definition) is 0. The Morgan fingerprint density at radius 2 is 1.90 bits per heavy atom. The van der Waals surface area contributed by atoms with Crippen LogP contribution in [0.1, 0.15) is 17.1 Å². The SMILES string of the molecule is Cc1cc(=O)c(C)c(C)o1. The van der Waals surface area contributed by atoms with Crippen molar-refractivity contribution in [2.45, 2.75) is 20.8 Å². The first-order chi connectivity index (χ1) is 4.61. The van der Waals surface area contributed by atoms with Gasteiger partial charge in [-0.25, -0.2) is 0 Å². The second-order valence-electron chi connectivity index (χ2n) is 2.40. The largest absolute Gasteiger partial charge is 0.466 e. The molecular formula is C8H10O2. The van der Waals surface area contributed by atoms with Crippen molar-refractivity contribution in [2.75, 3.05) is 0 Å². The Labute approximate surface area is 59.5 Å². The third-order valence-corrected chi connectivity index (χ3v) is 1.55. The van der Waals surface area contributed by atoms with E-state index in [1.165, 1.54) is 6.07 Å². The molecule has 0 bridgehead atoms. The maximum atomic E-state index is 11.0. The van der Waals surface area contributed by atoms with Gasteiger partial charge in [0.05, 0.1) is 0 Å². The summed E-state index contributed by atoms with van der Waals surface area (Å²) in [5, 5.41) is 0. The molecule has 0 radical (unpaired) electrons. The van der Waals surface area contributed by atoms with E-state index < -0.39 is 0 Å². The first kappa shape index (κ1) is 7.06. The van der Waals surface area contributed by atoms with Crippen LogP contribution in [-0.2, 0) is 0 Å². The van der Waals surface area contributed by atoms with E-state index in [1.54, 1.807) is 20.8 Å². The smallest absolute Gasteiger partial charge is 0.188 e. The molecule has 10 heavy (non-hydrogen) atoms. The van der Waals surface area contributed by atoms with Crippen molar-refractivity contribution in [3.8, 4) is 0 Å². The van der Waals surface area contributed by atoms with Crippen molar-refractivity contribution in [1.82, 2.24) is 0 Å². The van der Waals surface area contributed by atoms with Gasteiger partial charge < -0.3 is 4.42 Å². The minimum absolute atomic E-state index is 0.0567. The Morgan fingerprint density at radius 1 is 1.30 bits per heavy atom. The molecule has 1 heterocycles. The Morgan fingerprint density at radius 3 is 2.40 bits per heavy atom. The lowest BCUT2D eigenvalue weighted by Crippen LogP contribution is -2.05. The predicted molar refractivity (Wildman–Crippen MR) is 39.2 cm³/mol. The molecule has 2 nitrogen and oxygen atoms in total. The lowest BCUT2D eigenvalue weighted by atomic mass is 10.2. The normalized spacial score (nSPS) is 9.90. The van der Waals surface area contributed by atoms with E-state index in [2.05, 4.69) is 0 Å². The average Bonchev–Trinajstić information content (AvgIpc) is 1.82. The molecule has 0 aliphatic heterocycles. The summed E-state index contributed by atoms with van der Waals surface area (Å²) in [6, 6.07) is 1.50. The van der Waals surface area contributed by atoms with Crippen molar-refractivity contribution in [2.24, 2.45) is 0 Å². The van der Waals surface area contributed by atoms with E-state index in [0.29, 0.717) is 17.1 Å². The van der Waals surface area contributed by atoms with E-state index >= 15 is 0 Å². The van der Waals surface area contributed by atoms with Gasteiger partial charge in [0.1, 0.15) is 11.5 Å². The van der Waals surface area contributed by atoms with E-state index in [-0.39, 0.29) is 5.43 Å². The molecule has 0 aromatic carbocycles. The van der Waals surface area contributed by atoms with Crippen LogP contribution in [0.5, 0.6) is 0 Å². The highest BCUT2D eigenvalue weighted by Gasteiger charge is 1.99. The predicted octanol–water partition coefficient (Wildman–Crippen LogP) is 1.57. The molecule has 0 amide bonds. The summed E-state index contributed by atoms with van der Waals surface area (Å²) in [5.74, 6) is 1.39. The first-order valence-electron chi connectivity index (χ1n) is 3.19. The van der Waals surface area contributed by atoms with Crippen LogP contribution in [0.2, 0.25) is 0 Å². The minimum Gasteiger partial charge on any atom is -0.466 e. The Kier molecular flexibility index (Phi) is 1.62. The topological polar surface area (TPSA) is 30.2 Å². The average molecular weight is 138 g/mol. The van der Waals surface area contributed by atoms with Gasteiger partial charge in [-0.2, -0.15) is 0 Å². The second kappa shape index (κ2) is 2.29. The lowest BCUT2D eigenvalue weighted by Gasteiger charge is -1.97. The molecule has 0 atom stereocenters. The number of aryl methyl sites for hydroxylation is 2. The number of rotatable bonds is 0. The molecule has 0 N–H and O–H groups in total. The van der Waals surface area contributed by atoms with Crippen LogP contribution in [-0.4, -0.2) is 0 Å². The van der Waals surface area contributed by atoms with Crippen molar-refractivity contribution in [3.63, 3.8) is 0 Å². The van der Waals surface area contributed by atoms with Crippen LogP contribution in [0.3, 0.4) is 0 Å². The van der Waals surface area contributed by atoms with E-state index in [9.17, 15) is 4.79 Å². The zero-order chi connectivity index (χ0) is 7.72. The van der Waals surface area contributed by atoms with E-state index in [0.717, 1.165) is 0 Å². The maximum Gasteiger partial charge on any atom is 0.188 e. The van der Waals surface area contributed by atoms with Crippen LogP contribution < -0.4 is 5.43 Å². The number of hydrogen-bond acceptors (Lipinski definition) is 2. The minimum atomic E-state index is 0.0567. The van der Waals surface area contributed by atoms with E-state index in [4.69, 9.17) is 4.42 Å². The summed E-state index contributed by atoms with van der Waals surface area (Å²) in [6.07, 6.45) is 0. The highest BCUT2D eigenvalue weighted by atomic mass is 16.3. The fourth-order valence-corrected chi connectivity index (χ4v) is 0.814. The summed E-state index contributed by atoms with van der Waals surface area (Å²) in [6.45, 7) is 5.33. The highest BCUT2D eigenvalue weighted by molar-refractivity contribution is 5.15. The fraction of sp³-hybridized carbons (Fsp3) is 0.375. The van der Waals surface area contributed by atoms with E-state index in [1.807, 2.05) is 0 Å². The zero-order valence-corrected chi connectivity index (χ0v) is 6.39. The van der Waals surface area contributed by atoms with Gasteiger partial charge in [-0.05, 0) is 20.8 Å². The van der Waals surface area contributed by atoms with Crippen LogP contribution >= 0.6 is 0 Å². The van der Waals surface area contributed by atoms with Gasteiger partial charge in [0.2, 0.25) is 0 Å². The molecule has 0 aliphatic carbocycles. The highest BCUT2D eigenvalue weighted by Crippen LogP contribution is 2.02. The van der Waals surface area contributed by atoms with Gasteiger partial charge in [-0.1, -0.05) is 0 Å². The van der Waals surface area contributed by atoms with Gasteiger partial charge >= 0.3 is 0 Å². The summed E-state index contributed by atoms with van der Waals surface area (Å²) in [7, 11) is 0. The Bertz CT molecular complexity index is 297. The summed E-state index contributed by atoms with van der Waals surface area (Å²) in [4.78, 5) is 11.0. The third-order valence-electron chi connectivity index (χ3n) is 1.55. The summed E-state index contributed by atoms with van der Waals surface area (Å²) < 4.78 is 5.19. The molecule has 0 spiro atoms. The third kappa shape index (κ3) is 1.10. The molecule has 0 unspecified atom stereocenters. The molecule has 0 fully saturated rings. The van der Waals surface area contributed by atoms with Gasteiger partial charge in [-0.15, -0.1) is 0 Å². The van der Waals surface area contributed by atoms with Crippen LogP contribution in [0.25, 0.3) is 0 Å². The van der Waals surface area contributed by atoms with Crippen molar-refractivity contribution in [3.05, 3.63) is 33.4 Å². The molecule has 0 saturated carbocycles. The fourth-order valence-electron chi connectivity index (χ4n) is 0.814. The second-order valence-corrected chi connectivity index (χ2v) is 2.40. The van der Waals surface area contributed by atoms with Gasteiger partial charge in [0.15, 0.2) is 5.43 Å². The van der Waals surface area contributed by atoms with Crippen molar-refractivity contribution in [1.29, 1.82) is 0 Å². The molecule has 0 aliphatic rings. The van der Waals surface area contributed by atoms with Gasteiger partial charge in [-0.3, -0.25) is 4.79 Å². The maximum absolute atomic E-state index is 11.0. The van der Waals surface area contributed by atoms with Gasteiger partial charge in [0.25, 0.3) is 0 Å².